The van der Waals surface area contributed by atoms with Crippen molar-refractivity contribution in [2.45, 2.75) is 0 Å². The molecular weight excluding hydrogens is 175 g/mol. The molecule has 0 aliphatic carbocycles. The molecule has 0 saturated carbocycles. The number of rotatable bonds is 0. The summed E-state index contributed by atoms with van der Waals surface area (Å²) in [6.45, 7) is 0. The molecule has 0 amide bonds. The van der Waals surface area contributed by atoms with Gasteiger partial charge in [0.2, 0.25) is 0 Å². The number of hydrogen-bond acceptors (Lipinski definition) is 5. The third kappa shape index (κ3) is 91500. The quantitative estimate of drug-likeness (QED) is 0.205. The fraction of sp³-hybridized carbons (Fsp3) is 0. The number of hydrogen-bond donors (Lipinski definition) is 3. The largest absolute Gasteiger partial charge is 1.00 e. The zero-order chi connectivity index (χ0) is 7.15. The van der Waals surface area contributed by atoms with Crippen LogP contribution in [-0.4, -0.2) is 21.5 Å². The number of carbonyl (C=O) groups is 1. The molecule has 56 valence electrons. The van der Waals surface area contributed by atoms with Crippen LogP contribution < -0.4 is 57.5 Å². The Kier molecular flexibility index (Phi) is 36.0. The number of nitrogens with zero attached hydrogens (tertiary/aromatic N) is 1. The molecule has 0 aromatic rings. The standard InChI is InChI=1S/CH2O3.K.NO3.H3N/c2-1(3)4;;2-1(3)4;/h(H2,2,3,4);;;1H3/q;+1;-1;. The van der Waals surface area contributed by atoms with Crippen molar-refractivity contribution in [2.24, 2.45) is 0 Å². The third-order valence-corrected chi connectivity index (χ3v) is 0. The first-order chi connectivity index (χ1) is 3.46. The van der Waals surface area contributed by atoms with Crippen molar-refractivity contribution in [2.75, 3.05) is 0 Å². The van der Waals surface area contributed by atoms with Crippen molar-refractivity contribution in [1.29, 1.82) is 0 Å². The summed E-state index contributed by atoms with van der Waals surface area (Å²) >= 11 is 0. The van der Waals surface area contributed by atoms with E-state index >= 15 is 0 Å². The molecule has 0 saturated heterocycles. The van der Waals surface area contributed by atoms with E-state index in [0.717, 1.165) is 0 Å². The molecule has 0 aliphatic heterocycles. The summed E-state index contributed by atoms with van der Waals surface area (Å²) in [4.78, 5) is 16.8. The summed E-state index contributed by atoms with van der Waals surface area (Å²) in [7, 11) is 0. The topological polar surface area (TPSA) is 159 Å². The monoisotopic (exact) mass is 180 g/mol. The molecule has 0 atom stereocenters. The van der Waals surface area contributed by atoms with Gasteiger partial charge in [0.15, 0.2) is 0 Å². The van der Waals surface area contributed by atoms with E-state index in [1.807, 2.05) is 0 Å². The molecule has 0 aromatic carbocycles. The Morgan fingerprint density at radius 1 is 1.30 bits per heavy atom. The van der Waals surface area contributed by atoms with Gasteiger partial charge in [-0.25, -0.2) is 4.79 Å². The van der Waals surface area contributed by atoms with Crippen LogP contribution in [0.15, 0.2) is 0 Å². The van der Waals surface area contributed by atoms with E-state index in [1.165, 1.54) is 0 Å². The summed E-state index contributed by atoms with van der Waals surface area (Å²) < 4.78 is 0. The molecule has 5 N–H and O–H groups in total. The smallest absolute Gasteiger partial charge is 0.450 e. The van der Waals surface area contributed by atoms with Gasteiger partial charge in [0.05, 0.1) is 5.09 Å². The first-order valence-electron chi connectivity index (χ1n) is 1.20. The molecule has 9 heteroatoms. The second kappa shape index (κ2) is 16.0. The van der Waals surface area contributed by atoms with Gasteiger partial charge in [0.25, 0.3) is 0 Å². The van der Waals surface area contributed by atoms with Crippen LogP contribution in [0, 0.1) is 15.3 Å². The van der Waals surface area contributed by atoms with E-state index < -0.39 is 11.2 Å². The molecule has 0 bridgehead atoms. The molecule has 0 heterocycles. The Hall–Kier alpha value is 0.0664. The van der Waals surface area contributed by atoms with Crippen molar-refractivity contribution < 1.29 is 71.5 Å². The van der Waals surface area contributed by atoms with Gasteiger partial charge in [-0.05, 0) is 0 Å². The Morgan fingerprint density at radius 2 is 1.30 bits per heavy atom. The van der Waals surface area contributed by atoms with Crippen LogP contribution in [0.3, 0.4) is 0 Å². The first kappa shape index (κ1) is 22.5. The van der Waals surface area contributed by atoms with E-state index in [2.05, 4.69) is 0 Å². The van der Waals surface area contributed by atoms with Gasteiger partial charge in [-0.2, -0.15) is 0 Å². The fourth-order valence-electron chi connectivity index (χ4n) is 0. The van der Waals surface area contributed by atoms with E-state index in [1.54, 1.807) is 0 Å². The van der Waals surface area contributed by atoms with Gasteiger partial charge in [0.1, 0.15) is 0 Å². The summed E-state index contributed by atoms with van der Waals surface area (Å²) in [6.07, 6.45) is -1.83. The van der Waals surface area contributed by atoms with Crippen LogP contribution in [0.1, 0.15) is 0 Å². The maximum atomic E-state index is 8.56. The van der Waals surface area contributed by atoms with Gasteiger partial charge in [0, 0.05) is 0 Å². The zero-order valence-electron chi connectivity index (χ0n) is 5.18. The minimum Gasteiger partial charge on any atom is -0.450 e. The molecule has 0 rings (SSSR count). The van der Waals surface area contributed by atoms with E-state index in [-0.39, 0.29) is 57.5 Å². The minimum atomic E-state index is -1.83. The second-order valence-corrected chi connectivity index (χ2v) is 0.506. The summed E-state index contributed by atoms with van der Waals surface area (Å²) in [6, 6.07) is 0. The average molecular weight is 180 g/mol. The molecule has 0 unspecified atom stereocenters. The predicted molar refractivity (Wildman–Crippen MR) is 26.0 cm³/mol. The molecule has 8 nitrogen and oxygen atoms in total. The Bertz CT molecular complexity index is 73.7. The van der Waals surface area contributed by atoms with Gasteiger partial charge >= 0.3 is 57.5 Å². The second-order valence-electron chi connectivity index (χ2n) is 0.506. The Morgan fingerprint density at radius 3 is 1.30 bits per heavy atom. The number of carboxylic acid groups (broad SMARTS) is 2. The Labute approximate surface area is 98.0 Å². The fourth-order valence-corrected chi connectivity index (χ4v) is 0. The normalized spacial score (nSPS) is 4.80. The van der Waals surface area contributed by atoms with Gasteiger partial charge in [-0.3, -0.25) is 0 Å². The maximum absolute atomic E-state index is 8.56. The summed E-state index contributed by atoms with van der Waals surface area (Å²) in [5.41, 5.74) is 0. The van der Waals surface area contributed by atoms with E-state index in [0.29, 0.717) is 0 Å². The van der Waals surface area contributed by atoms with Crippen LogP contribution in [-0.2, 0) is 0 Å². The minimum absolute atomic E-state index is 0. The van der Waals surface area contributed by atoms with Crippen molar-refractivity contribution in [3.63, 3.8) is 0 Å². The first-order valence-corrected chi connectivity index (χ1v) is 1.20. The van der Waals surface area contributed by atoms with E-state index in [9.17, 15) is 0 Å². The van der Waals surface area contributed by atoms with Crippen LogP contribution in [0.25, 0.3) is 0 Å². The molecule has 0 aromatic heterocycles. The van der Waals surface area contributed by atoms with Crippen LogP contribution in [0.4, 0.5) is 4.79 Å². The SMILES string of the molecule is N.O=C(O)O.O=[N+]([O-])[O-].[K+]. The average Bonchev–Trinajstić information content (AvgIpc) is 1.25. The van der Waals surface area contributed by atoms with Crippen molar-refractivity contribution in [1.82, 2.24) is 6.15 Å². The predicted octanol–water partition coefficient (Wildman–Crippen LogP) is -2.85. The summed E-state index contributed by atoms with van der Waals surface area (Å²) in [5, 5.41) is 28.7. The van der Waals surface area contributed by atoms with Crippen molar-refractivity contribution in [3.8, 4) is 0 Å². The molecule has 0 spiro atoms. The van der Waals surface area contributed by atoms with E-state index in [4.69, 9.17) is 30.3 Å². The van der Waals surface area contributed by atoms with Gasteiger partial charge in [-0.15, -0.1) is 0 Å². The third-order valence-electron chi connectivity index (χ3n) is 0. The molecule has 0 aliphatic rings. The maximum Gasteiger partial charge on any atom is 1.00 e. The van der Waals surface area contributed by atoms with Crippen LogP contribution >= 0.6 is 0 Å². The molecular formula is CH5KN2O6. The van der Waals surface area contributed by atoms with Crippen LogP contribution in [0.2, 0.25) is 0 Å². The molecule has 10 heavy (non-hydrogen) atoms. The molecule has 0 fully saturated rings. The van der Waals surface area contributed by atoms with Crippen LogP contribution in [0.5, 0.6) is 0 Å². The zero-order valence-corrected chi connectivity index (χ0v) is 8.30. The van der Waals surface area contributed by atoms with Crippen molar-refractivity contribution >= 4 is 6.16 Å². The van der Waals surface area contributed by atoms with Gasteiger partial charge < -0.3 is 31.7 Å². The summed E-state index contributed by atoms with van der Waals surface area (Å²) in [5.74, 6) is 0. The molecule has 0 radical (unpaired) electrons. The Balaban J connectivity index is -0.0000000300. The van der Waals surface area contributed by atoms with Crippen molar-refractivity contribution in [3.05, 3.63) is 15.3 Å². The van der Waals surface area contributed by atoms with Gasteiger partial charge in [-0.1, -0.05) is 0 Å².